The molecule has 0 saturated carbocycles. The SMILES string of the molecule is CC(c1cnccn1)S(=O)(=O)NC1CCNC1. The molecular weight excluding hydrogens is 240 g/mol. The van der Waals surface area contributed by atoms with Crippen LogP contribution in [0.25, 0.3) is 0 Å². The highest BCUT2D eigenvalue weighted by Crippen LogP contribution is 2.18. The molecule has 0 aromatic carbocycles. The molecule has 1 aliphatic rings. The molecule has 2 atom stereocenters. The number of aromatic nitrogens is 2. The second kappa shape index (κ2) is 5.07. The van der Waals surface area contributed by atoms with Gasteiger partial charge in [-0.05, 0) is 19.9 Å². The Morgan fingerprint density at radius 3 is 2.94 bits per heavy atom. The summed E-state index contributed by atoms with van der Waals surface area (Å²) in [5.41, 5.74) is 0.464. The maximum atomic E-state index is 12.1. The largest absolute Gasteiger partial charge is 0.315 e. The minimum Gasteiger partial charge on any atom is -0.315 e. The zero-order valence-corrected chi connectivity index (χ0v) is 10.4. The summed E-state index contributed by atoms with van der Waals surface area (Å²) in [4.78, 5) is 7.91. The zero-order chi connectivity index (χ0) is 12.3. The Bertz CT molecular complexity index is 456. The van der Waals surface area contributed by atoms with Crippen molar-refractivity contribution >= 4 is 10.0 Å². The van der Waals surface area contributed by atoms with Gasteiger partial charge in [-0.1, -0.05) is 0 Å². The summed E-state index contributed by atoms with van der Waals surface area (Å²) in [5, 5.41) is 2.44. The van der Waals surface area contributed by atoms with E-state index < -0.39 is 15.3 Å². The van der Waals surface area contributed by atoms with Gasteiger partial charge in [0.15, 0.2) is 0 Å². The summed E-state index contributed by atoms with van der Waals surface area (Å²) < 4.78 is 26.9. The molecule has 2 unspecified atom stereocenters. The lowest BCUT2D eigenvalue weighted by Crippen LogP contribution is -2.38. The molecular formula is C10H16N4O2S. The summed E-state index contributed by atoms with van der Waals surface area (Å²) in [6, 6.07) is -0.0147. The van der Waals surface area contributed by atoms with Gasteiger partial charge in [0.05, 0.1) is 5.69 Å². The van der Waals surface area contributed by atoms with E-state index in [1.807, 2.05) is 0 Å². The van der Waals surface area contributed by atoms with E-state index in [0.717, 1.165) is 13.0 Å². The predicted octanol–water partition coefficient (Wildman–Crippen LogP) is -0.181. The molecule has 1 aliphatic heterocycles. The van der Waals surface area contributed by atoms with Gasteiger partial charge >= 0.3 is 0 Å². The fourth-order valence-corrected chi connectivity index (χ4v) is 3.08. The standard InChI is InChI=1S/C10H16N4O2S/c1-8(10-7-12-4-5-13-10)17(15,16)14-9-2-3-11-6-9/h4-5,7-9,11,14H,2-3,6H2,1H3. The van der Waals surface area contributed by atoms with Crippen molar-refractivity contribution in [3.05, 3.63) is 24.3 Å². The molecule has 1 fully saturated rings. The van der Waals surface area contributed by atoms with Crippen LogP contribution < -0.4 is 10.0 Å². The Kier molecular flexibility index (Phi) is 3.70. The van der Waals surface area contributed by atoms with Crippen LogP contribution in [0.1, 0.15) is 24.3 Å². The van der Waals surface area contributed by atoms with E-state index in [1.54, 1.807) is 6.92 Å². The average Bonchev–Trinajstić information content (AvgIpc) is 2.81. The molecule has 94 valence electrons. The van der Waals surface area contributed by atoms with Crippen LogP contribution in [0, 0.1) is 0 Å². The maximum absolute atomic E-state index is 12.1. The van der Waals surface area contributed by atoms with Gasteiger partial charge in [-0.2, -0.15) is 0 Å². The predicted molar refractivity (Wildman–Crippen MR) is 63.8 cm³/mol. The first-order valence-electron chi connectivity index (χ1n) is 5.57. The highest BCUT2D eigenvalue weighted by Gasteiger charge is 2.28. The topological polar surface area (TPSA) is 84.0 Å². The van der Waals surface area contributed by atoms with Crippen LogP contribution in [0.3, 0.4) is 0 Å². The molecule has 2 heterocycles. The van der Waals surface area contributed by atoms with Crippen LogP contribution in [0.15, 0.2) is 18.6 Å². The molecule has 1 aromatic rings. The quantitative estimate of drug-likeness (QED) is 0.780. The molecule has 1 saturated heterocycles. The molecule has 0 radical (unpaired) electrons. The summed E-state index contributed by atoms with van der Waals surface area (Å²) in [5.74, 6) is 0. The van der Waals surface area contributed by atoms with Crippen molar-refractivity contribution in [2.24, 2.45) is 0 Å². The van der Waals surface area contributed by atoms with Crippen LogP contribution in [0.2, 0.25) is 0 Å². The molecule has 2 N–H and O–H groups in total. The van der Waals surface area contributed by atoms with Gasteiger partial charge in [0.2, 0.25) is 10.0 Å². The minimum absolute atomic E-state index is 0.0147. The van der Waals surface area contributed by atoms with Crippen molar-refractivity contribution in [2.75, 3.05) is 13.1 Å². The first-order valence-corrected chi connectivity index (χ1v) is 7.12. The Balaban J connectivity index is 2.09. The normalized spacial score (nSPS) is 22.5. The summed E-state index contributed by atoms with van der Waals surface area (Å²) in [7, 11) is -3.39. The number of hydrogen-bond acceptors (Lipinski definition) is 5. The highest BCUT2D eigenvalue weighted by atomic mass is 32.2. The number of sulfonamides is 1. The molecule has 0 amide bonds. The Hall–Kier alpha value is -1.05. The van der Waals surface area contributed by atoms with E-state index in [-0.39, 0.29) is 6.04 Å². The number of rotatable bonds is 4. The molecule has 7 heteroatoms. The van der Waals surface area contributed by atoms with E-state index in [0.29, 0.717) is 12.2 Å². The Morgan fingerprint density at radius 2 is 2.35 bits per heavy atom. The van der Waals surface area contributed by atoms with E-state index in [1.165, 1.54) is 18.6 Å². The molecule has 1 aromatic heterocycles. The Morgan fingerprint density at radius 1 is 1.53 bits per heavy atom. The van der Waals surface area contributed by atoms with Crippen molar-refractivity contribution in [1.29, 1.82) is 0 Å². The first-order chi connectivity index (χ1) is 8.09. The summed E-state index contributed by atoms with van der Waals surface area (Å²) >= 11 is 0. The third-order valence-electron chi connectivity index (χ3n) is 2.86. The fourth-order valence-electron chi connectivity index (χ4n) is 1.77. The molecule has 6 nitrogen and oxygen atoms in total. The van der Waals surface area contributed by atoms with E-state index in [4.69, 9.17) is 0 Å². The van der Waals surface area contributed by atoms with Gasteiger partial charge in [0, 0.05) is 31.2 Å². The van der Waals surface area contributed by atoms with E-state index in [2.05, 4.69) is 20.0 Å². The summed E-state index contributed by atoms with van der Waals surface area (Å²) in [6.45, 7) is 3.16. The maximum Gasteiger partial charge on any atom is 0.220 e. The van der Waals surface area contributed by atoms with Crippen LogP contribution in [0.4, 0.5) is 0 Å². The number of nitrogens with zero attached hydrogens (tertiary/aromatic N) is 2. The second-order valence-electron chi connectivity index (χ2n) is 4.13. The third-order valence-corrected chi connectivity index (χ3v) is 4.69. The van der Waals surface area contributed by atoms with Crippen molar-refractivity contribution in [1.82, 2.24) is 20.0 Å². The van der Waals surface area contributed by atoms with Gasteiger partial charge in [-0.15, -0.1) is 0 Å². The van der Waals surface area contributed by atoms with Crippen LogP contribution in [-0.2, 0) is 10.0 Å². The fraction of sp³-hybridized carbons (Fsp3) is 0.600. The molecule has 17 heavy (non-hydrogen) atoms. The van der Waals surface area contributed by atoms with Crippen LogP contribution in [-0.4, -0.2) is 37.5 Å². The van der Waals surface area contributed by atoms with E-state index in [9.17, 15) is 8.42 Å². The monoisotopic (exact) mass is 256 g/mol. The minimum atomic E-state index is -3.39. The van der Waals surface area contributed by atoms with Gasteiger partial charge < -0.3 is 5.32 Å². The van der Waals surface area contributed by atoms with Gasteiger partial charge in [0.25, 0.3) is 0 Å². The summed E-state index contributed by atoms with van der Waals surface area (Å²) in [6.07, 6.45) is 5.33. The lowest BCUT2D eigenvalue weighted by molar-refractivity contribution is 0.549. The smallest absolute Gasteiger partial charge is 0.220 e. The van der Waals surface area contributed by atoms with Gasteiger partial charge in [0.1, 0.15) is 5.25 Å². The van der Waals surface area contributed by atoms with Crippen molar-refractivity contribution in [3.63, 3.8) is 0 Å². The van der Waals surface area contributed by atoms with Gasteiger partial charge in [-0.3, -0.25) is 9.97 Å². The lowest BCUT2D eigenvalue weighted by atomic mass is 10.3. The molecule has 2 rings (SSSR count). The number of nitrogens with one attached hydrogen (secondary N) is 2. The van der Waals surface area contributed by atoms with Crippen molar-refractivity contribution in [3.8, 4) is 0 Å². The second-order valence-corrected chi connectivity index (χ2v) is 6.16. The van der Waals surface area contributed by atoms with E-state index >= 15 is 0 Å². The molecule has 0 bridgehead atoms. The van der Waals surface area contributed by atoms with Crippen LogP contribution >= 0.6 is 0 Å². The first kappa shape index (κ1) is 12.4. The van der Waals surface area contributed by atoms with Crippen molar-refractivity contribution < 1.29 is 8.42 Å². The average molecular weight is 256 g/mol. The van der Waals surface area contributed by atoms with Crippen molar-refractivity contribution in [2.45, 2.75) is 24.6 Å². The van der Waals surface area contributed by atoms with Gasteiger partial charge in [-0.25, -0.2) is 13.1 Å². The zero-order valence-electron chi connectivity index (χ0n) is 9.63. The van der Waals surface area contributed by atoms with Crippen LogP contribution in [0.5, 0.6) is 0 Å². The number of hydrogen-bond donors (Lipinski definition) is 2. The third kappa shape index (κ3) is 2.99. The lowest BCUT2D eigenvalue weighted by Gasteiger charge is -2.16. The molecule has 0 aliphatic carbocycles. The molecule has 0 spiro atoms. The Labute approximate surface area is 101 Å². The highest BCUT2D eigenvalue weighted by molar-refractivity contribution is 7.89.